The van der Waals surface area contributed by atoms with Crippen molar-refractivity contribution in [3.63, 3.8) is 0 Å². The summed E-state index contributed by atoms with van der Waals surface area (Å²) in [6.45, 7) is 0. The lowest BCUT2D eigenvalue weighted by Gasteiger charge is -2.13. The third kappa shape index (κ3) is 10.2. The third-order valence-electron chi connectivity index (χ3n) is 19.6. The largest absolute Gasteiger partial charge is 0.309 e. The molecule has 0 atom stereocenters. The fourth-order valence-corrected chi connectivity index (χ4v) is 15.0. The van der Waals surface area contributed by atoms with E-state index >= 15 is 0 Å². The first kappa shape index (κ1) is 60.5. The molecule has 0 bridgehead atoms. The minimum atomic E-state index is 0.508. The fraction of sp³-hybridized carbons (Fsp3) is 0. The monoisotopic (exact) mass is 1330 g/mol. The molecule has 0 saturated heterocycles. The fourth-order valence-electron chi connectivity index (χ4n) is 15.0. The van der Waals surface area contributed by atoms with Crippen molar-refractivity contribution in [2.45, 2.75) is 0 Å². The number of benzene rings is 14. The Kier molecular flexibility index (Phi) is 14.7. The molecule has 0 N–H and O–H groups in total. The quantitative estimate of drug-likeness (QED) is 0.132. The summed E-state index contributed by atoms with van der Waals surface area (Å²) in [7, 11) is 0. The molecule has 0 radical (unpaired) electrons. The van der Waals surface area contributed by atoms with E-state index in [0.29, 0.717) is 46.1 Å². The van der Waals surface area contributed by atoms with Gasteiger partial charge < -0.3 is 18.3 Å². The van der Waals surface area contributed by atoms with Crippen LogP contribution in [0.25, 0.3) is 178 Å². The second-order valence-electron chi connectivity index (χ2n) is 25.6. The molecule has 0 amide bonds. The Labute approximate surface area is 596 Å². The van der Waals surface area contributed by atoms with E-state index in [-0.39, 0.29) is 0 Å². The van der Waals surface area contributed by atoms with Crippen LogP contribution in [0, 0.1) is 22.7 Å². The molecule has 14 aromatic carbocycles. The Morgan fingerprint density at radius 2 is 0.471 bits per heavy atom. The molecule has 20 aromatic rings. The number of nitriles is 2. The van der Waals surface area contributed by atoms with E-state index in [2.05, 4.69) is 200 Å². The number of hydrogen-bond acceptors (Lipinski definition) is 8. The molecule has 484 valence electrons. The minimum Gasteiger partial charge on any atom is -0.309 e. The van der Waals surface area contributed by atoms with Crippen LogP contribution in [0.2, 0.25) is 0 Å². The highest BCUT2D eigenvalue weighted by atomic mass is 15.1. The van der Waals surface area contributed by atoms with Gasteiger partial charge in [-0.1, -0.05) is 231 Å². The van der Waals surface area contributed by atoms with Gasteiger partial charge in [0.05, 0.1) is 66.6 Å². The van der Waals surface area contributed by atoms with Crippen molar-refractivity contribution in [2.75, 3.05) is 0 Å². The van der Waals surface area contributed by atoms with Crippen LogP contribution >= 0.6 is 0 Å². The standard InChI is InChI=1S/2C46H28N6/c47-29-33-26-32(46-49-44(30-14-4-1-5-15-30)48-45(50-46)31-16-6-2-7-17-31)24-25-39(33)52-41-23-13-11-21-36(41)38-27-42-37(28-43(38)52)35-20-10-12-22-40(35)51(42)34-18-8-3-9-19-34;47-29-33-28-32(46-49-44(30-14-4-1-5-15-30)48-45(50-46)31-16-6-2-7-17-31)24-25-37(33)52-39-23-13-11-21-36(39)43-41(52)27-26-40-42(43)35-20-10-12-22-38(35)51(40)34-18-8-3-9-19-34/h2*1-28H. The number of nitrogens with zero attached hydrogens (tertiary/aromatic N) is 12. The molecule has 0 fully saturated rings. The summed E-state index contributed by atoms with van der Waals surface area (Å²) in [6.07, 6.45) is 0. The van der Waals surface area contributed by atoms with Gasteiger partial charge in [-0.25, -0.2) is 29.9 Å². The molecule has 0 aliphatic rings. The first-order valence-corrected chi connectivity index (χ1v) is 34.4. The van der Waals surface area contributed by atoms with Crippen LogP contribution in [-0.4, -0.2) is 48.2 Å². The predicted molar refractivity (Wildman–Crippen MR) is 419 cm³/mol. The van der Waals surface area contributed by atoms with Gasteiger partial charge in [-0.15, -0.1) is 0 Å². The summed E-state index contributed by atoms with van der Waals surface area (Å²) >= 11 is 0. The van der Waals surface area contributed by atoms with E-state index in [4.69, 9.17) is 29.9 Å². The van der Waals surface area contributed by atoms with Gasteiger partial charge in [-0.05, 0) is 109 Å². The number of hydrogen-bond donors (Lipinski definition) is 0. The first-order valence-electron chi connectivity index (χ1n) is 34.4. The second-order valence-corrected chi connectivity index (χ2v) is 25.6. The highest BCUT2D eigenvalue weighted by Crippen LogP contribution is 2.45. The zero-order valence-corrected chi connectivity index (χ0v) is 55.7. The van der Waals surface area contributed by atoms with Crippen molar-refractivity contribution in [1.82, 2.24) is 48.2 Å². The van der Waals surface area contributed by atoms with E-state index in [0.717, 1.165) is 127 Å². The SMILES string of the molecule is N#Cc1cc(-c2nc(-c3ccccc3)nc(-c3ccccc3)n2)ccc1-n1c2ccccc2c2c3c4ccccc4n(-c4ccccc4)c3ccc21.N#Cc1cc(-c2nc(-c3ccccc3)nc(-c3ccccc3)n2)ccc1-n1c2ccccc2c2cc3c(cc21)c1ccccc1n3-c1ccccc1. The maximum atomic E-state index is 10.7. The van der Waals surface area contributed by atoms with Crippen molar-refractivity contribution < 1.29 is 0 Å². The van der Waals surface area contributed by atoms with E-state index < -0.39 is 0 Å². The maximum Gasteiger partial charge on any atom is 0.164 e. The lowest BCUT2D eigenvalue weighted by Crippen LogP contribution is -2.02. The van der Waals surface area contributed by atoms with E-state index in [1.807, 2.05) is 170 Å². The second kappa shape index (κ2) is 25.2. The first-order chi connectivity index (χ1) is 51.5. The van der Waals surface area contributed by atoms with Gasteiger partial charge in [0, 0.05) is 87.8 Å². The average molecular weight is 1330 g/mol. The van der Waals surface area contributed by atoms with Gasteiger partial charge in [0.1, 0.15) is 12.1 Å². The van der Waals surface area contributed by atoms with Crippen molar-refractivity contribution in [3.8, 4) is 103 Å². The lowest BCUT2D eigenvalue weighted by atomic mass is 10.1. The molecule has 0 aliphatic carbocycles. The summed E-state index contributed by atoms with van der Waals surface area (Å²) in [5, 5.41) is 30.7. The van der Waals surface area contributed by atoms with Crippen LogP contribution < -0.4 is 0 Å². The van der Waals surface area contributed by atoms with Crippen LogP contribution in [0.4, 0.5) is 0 Å². The summed E-state index contributed by atoms with van der Waals surface area (Å²) in [6, 6.07) is 121. The van der Waals surface area contributed by atoms with Gasteiger partial charge in [0.2, 0.25) is 0 Å². The number of aromatic nitrogens is 10. The minimum absolute atomic E-state index is 0.508. The smallest absolute Gasteiger partial charge is 0.164 e. The topological polar surface area (TPSA) is 145 Å². The number of rotatable bonds is 10. The van der Waals surface area contributed by atoms with Gasteiger partial charge in [-0.2, -0.15) is 10.5 Å². The molecule has 6 aromatic heterocycles. The van der Waals surface area contributed by atoms with Crippen molar-refractivity contribution in [2.24, 2.45) is 0 Å². The van der Waals surface area contributed by atoms with Crippen LogP contribution in [-0.2, 0) is 0 Å². The van der Waals surface area contributed by atoms with Gasteiger partial charge in [-0.3, -0.25) is 0 Å². The zero-order valence-electron chi connectivity index (χ0n) is 55.7. The molecule has 104 heavy (non-hydrogen) atoms. The molecule has 0 saturated carbocycles. The van der Waals surface area contributed by atoms with Crippen LogP contribution in [0.3, 0.4) is 0 Å². The highest BCUT2D eigenvalue weighted by Gasteiger charge is 2.25. The van der Waals surface area contributed by atoms with Crippen LogP contribution in [0.5, 0.6) is 0 Å². The molecule has 0 aliphatic heterocycles. The summed E-state index contributed by atoms with van der Waals surface area (Å²) in [5.41, 5.74) is 18.6. The number of fused-ring (bicyclic) bond motifs is 13. The van der Waals surface area contributed by atoms with E-state index in [9.17, 15) is 10.5 Å². The molecule has 20 rings (SSSR count). The van der Waals surface area contributed by atoms with Gasteiger partial charge in [0.15, 0.2) is 34.9 Å². The molecule has 6 heterocycles. The average Bonchev–Trinajstić information content (AvgIpc) is 1.55. The van der Waals surface area contributed by atoms with Gasteiger partial charge >= 0.3 is 0 Å². The Hall–Kier alpha value is -14.7. The van der Waals surface area contributed by atoms with E-state index in [1.165, 1.54) is 16.2 Å². The molecular weight excluding hydrogens is 1270 g/mol. The van der Waals surface area contributed by atoms with Gasteiger partial charge in [0.25, 0.3) is 0 Å². The van der Waals surface area contributed by atoms with Crippen molar-refractivity contribution >= 4 is 87.2 Å². The predicted octanol–water partition coefficient (Wildman–Crippen LogP) is 21.9. The van der Waals surface area contributed by atoms with E-state index in [1.54, 1.807) is 0 Å². The lowest BCUT2D eigenvalue weighted by molar-refractivity contribution is 1.07. The third-order valence-corrected chi connectivity index (χ3v) is 19.6. The highest BCUT2D eigenvalue weighted by molar-refractivity contribution is 6.29. The summed E-state index contributed by atoms with van der Waals surface area (Å²) in [4.78, 5) is 29.4. The Balaban J connectivity index is 0.000000143. The molecule has 0 unspecified atom stereocenters. The molecule has 12 heteroatoms. The van der Waals surface area contributed by atoms with Crippen LogP contribution in [0.1, 0.15) is 11.1 Å². The molecule has 12 nitrogen and oxygen atoms in total. The van der Waals surface area contributed by atoms with Crippen molar-refractivity contribution in [3.05, 3.63) is 351 Å². The molecular formula is C92H56N12. The Morgan fingerprint density at radius 1 is 0.202 bits per heavy atom. The molecule has 0 spiro atoms. The number of para-hydroxylation sites is 6. The normalized spacial score (nSPS) is 11.4. The summed E-state index contributed by atoms with van der Waals surface area (Å²) in [5.74, 6) is 3.32. The summed E-state index contributed by atoms with van der Waals surface area (Å²) < 4.78 is 9.13. The maximum absolute atomic E-state index is 10.7. The Morgan fingerprint density at radius 3 is 0.846 bits per heavy atom. The zero-order chi connectivity index (χ0) is 69.2. The van der Waals surface area contributed by atoms with Crippen molar-refractivity contribution in [1.29, 1.82) is 10.5 Å². The van der Waals surface area contributed by atoms with Crippen LogP contribution in [0.15, 0.2) is 340 Å². The Bertz CT molecular complexity index is 6500.